The largest absolute Gasteiger partial charge is 0.242 e. The van der Waals surface area contributed by atoms with Crippen LogP contribution < -0.4 is 0 Å². The molecular weight excluding hydrogens is 189 g/mol. The van der Waals surface area contributed by atoms with Gasteiger partial charge in [0.15, 0.2) is 0 Å². The van der Waals surface area contributed by atoms with Crippen LogP contribution in [0.15, 0.2) is 12.1 Å². The maximum absolute atomic E-state index is 12.8. The zero-order valence-corrected chi connectivity index (χ0v) is 8.03. The van der Waals surface area contributed by atoms with Gasteiger partial charge in [0.1, 0.15) is 11.5 Å². The van der Waals surface area contributed by atoms with Crippen molar-refractivity contribution in [3.8, 4) is 11.8 Å². The molecule has 1 aromatic rings. The van der Waals surface area contributed by atoms with E-state index in [1.807, 2.05) is 0 Å². The van der Waals surface area contributed by atoms with Gasteiger partial charge in [0.05, 0.1) is 5.69 Å². The number of aromatic nitrogens is 1. The van der Waals surface area contributed by atoms with Crippen LogP contribution >= 0.6 is 11.6 Å². The van der Waals surface area contributed by atoms with E-state index in [2.05, 4.69) is 16.8 Å². The van der Waals surface area contributed by atoms with Crippen molar-refractivity contribution in [2.24, 2.45) is 0 Å². The molecule has 0 unspecified atom stereocenters. The molecule has 1 heterocycles. The standard InChI is InChI=1S/C10H9ClFN/c1-8-10(12)6-5-9(13-8)4-2-3-7-11/h5-6H,3,7H2,1H3. The molecule has 0 saturated heterocycles. The Morgan fingerprint density at radius 1 is 1.54 bits per heavy atom. The molecule has 68 valence electrons. The third kappa shape index (κ3) is 3.04. The number of pyridine rings is 1. The van der Waals surface area contributed by atoms with Crippen LogP contribution in [0.1, 0.15) is 17.8 Å². The normalized spacial score (nSPS) is 9.15. The maximum Gasteiger partial charge on any atom is 0.144 e. The highest BCUT2D eigenvalue weighted by molar-refractivity contribution is 6.18. The van der Waals surface area contributed by atoms with Gasteiger partial charge in [-0.15, -0.1) is 11.6 Å². The first-order valence-corrected chi connectivity index (χ1v) is 4.45. The summed E-state index contributed by atoms with van der Waals surface area (Å²) in [6, 6.07) is 2.93. The van der Waals surface area contributed by atoms with Gasteiger partial charge in [-0.05, 0) is 25.0 Å². The summed E-state index contributed by atoms with van der Waals surface area (Å²) in [5, 5.41) is 0. The molecule has 1 nitrogen and oxygen atoms in total. The Labute approximate surface area is 81.9 Å². The predicted molar refractivity (Wildman–Crippen MR) is 51.1 cm³/mol. The zero-order valence-electron chi connectivity index (χ0n) is 7.27. The van der Waals surface area contributed by atoms with Crippen LogP contribution in [-0.4, -0.2) is 10.9 Å². The molecule has 0 saturated carbocycles. The second-order valence-electron chi connectivity index (χ2n) is 2.50. The highest BCUT2D eigenvalue weighted by Crippen LogP contribution is 2.03. The Hall–Kier alpha value is -1.07. The van der Waals surface area contributed by atoms with E-state index in [1.165, 1.54) is 6.07 Å². The molecule has 0 amide bonds. The van der Waals surface area contributed by atoms with Crippen LogP contribution in [0.25, 0.3) is 0 Å². The molecule has 0 spiro atoms. The minimum absolute atomic E-state index is 0.303. The van der Waals surface area contributed by atoms with Gasteiger partial charge in [-0.2, -0.15) is 0 Å². The van der Waals surface area contributed by atoms with Crippen molar-refractivity contribution in [1.29, 1.82) is 0 Å². The summed E-state index contributed by atoms with van der Waals surface area (Å²) >= 11 is 5.44. The molecule has 0 aliphatic carbocycles. The van der Waals surface area contributed by atoms with Gasteiger partial charge in [-0.1, -0.05) is 5.92 Å². The first-order valence-electron chi connectivity index (χ1n) is 3.92. The van der Waals surface area contributed by atoms with Gasteiger partial charge in [-0.25, -0.2) is 9.37 Å². The minimum atomic E-state index is -0.303. The molecule has 0 bridgehead atoms. The Balaban J connectivity index is 2.81. The second kappa shape index (κ2) is 4.84. The highest BCUT2D eigenvalue weighted by Gasteiger charge is 1.97. The molecule has 0 aliphatic heterocycles. The van der Waals surface area contributed by atoms with Gasteiger partial charge in [0, 0.05) is 12.3 Å². The molecule has 3 heteroatoms. The van der Waals surface area contributed by atoms with Gasteiger partial charge in [0.2, 0.25) is 0 Å². The molecule has 1 aromatic heterocycles. The molecule has 0 N–H and O–H groups in total. The Morgan fingerprint density at radius 3 is 2.92 bits per heavy atom. The van der Waals surface area contributed by atoms with Crippen LogP contribution in [0, 0.1) is 24.6 Å². The van der Waals surface area contributed by atoms with E-state index in [0.29, 0.717) is 23.7 Å². The summed E-state index contributed by atoms with van der Waals surface area (Å²) in [5.41, 5.74) is 0.960. The summed E-state index contributed by atoms with van der Waals surface area (Å²) < 4.78 is 12.8. The first kappa shape index (κ1) is 10.0. The van der Waals surface area contributed by atoms with Crippen molar-refractivity contribution < 1.29 is 4.39 Å². The monoisotopic (exact) mass is 197 g/mol. The summed E-state index contributed by atoms with van der Waals surface area (Å²) in [7, 11) is 0. The number of nitrogens with zero attached hydrogens (tertiary/aromatic N) is 1. The second-order valence-corrected chi connectivity index (χ2v) is 2.88. The number of hydrogen-bond donors (Lipinski definition) is 0. The van der Waals surface area contributed by atoms with Crippen LogP contribution in [-0.2, 0) is 0 Å². The van der Waals surface area contributed by atoms with Crippen LogP contribution in [0.5, 0.6) is 0 Å². The molecule has 0 aliphatic rings. The fourth-order valence-corrected chi connectivity index (χ4v) is 0.908. The molecular formula is C10H9ClFN. The molecule has 13 heavy (non-hydrogen) atoms. The quantitative estimate of drug-likeness (QED) is 0.498. The van der Waals surface area contributed by atoms with E-state index < -0.39 is 0 Å². The third-order valence-electron chi connectivity index (χ3n) is 1.46. The Bertz CT molecular complexity index is 352. The van der Waals surface area contributed by atoms with Gasteiger partial charge in [-0.3, -0.25) is 0 Å². The molecule has 1 rings (SSSR count). The Morgan fingerprint density at radius 2 is 2.31 bits per heavy atom. The topological polar surface area (TPSA) is 12.9 Å². The highest BCUT2D eigenvalue weighted by atomic mass is 35.5. The van der Waals surface area contributed by atoms with Crippen molar-refractivity contribution in [2.75, 3.05) is 5.88 Å². The minimum Gasteiger partial charge on any atom is -0.242 e. The lowest BCUT2D eigenvalue weighted by Crippen LogP contribution is -1.90. The summed E-state index contributed by atoms with van der Waals surface area (Å²) in [5.74, 6) is 5.84. The molecule has 0 aromatic carbocycles. The van der Waals surface area contributed by atoms with Crippen molar-refractivity contribution in [3.05, 3.63) is 29.3 Å². The number of hydrogen-bond acceptors (Lipinski definition) is 1. The third-order valence-corrected chi connectivity index (χ3v) is 1.65. The predicted octanol–water partition coefficient (Wildman–Crippen LogP) is 2.51. The number of alkyl halides is 1. The summed E-state index contributed by atoms with van der Waals surface area (Å²) in [4.78, 5) is 3.95. The van der Waals surface area contributed by atoms with Crippen molar-refractivity contribution in [3.63, 3.8) is 0 Å². The summed E-state index contributed by atoms with van der Waals surface area (Å²) in [6.07, 6.45) is 0.625. The molecule has 0 fully saturated rings. The van der Waals surface area contributed by atoms with Crippen LogP contribution in [0.3, 0.4) is 0 Å². The number of aryl methyl sites for hydroxylation is 1. The lowest BCUT2D eigenvalue weighted by Gasteiger charge is -1.94. The van der Waals surface area contributed by atoms with Crippen molar-refractivity contribution in [1.82, 2.24) is 4.98 Å². The van der Waals surface area contributed by atoms with E-state index >= 15 is 0 Å². The fourth-order valence-electron chi connectivity index (χ4n) is 0.814. The Kier molecular flexibility index (Phi) is 3.72. The fraction of sp³-hybridized carbons (Fsp3) is 0.300. The SMILES string of the molecule is Cc1nc(C#CCCCl)ccc1F. The molecule has 0 radical (unpaired) electrons. The van der Waals surface area contributed by atoms with Crippen LogP contribution in [0.2, 0.25) is 0 Å². The average Bonchev–Trinajstić information content (AvgIpc) is 2.12. The van der Waals surface area contributed by atoms with Gasteiger partial charge < -0.3 is 0 Å². The van der Waals surface area contributed by atoms with Gasteiger partial charge >= 0.3 is 0 Å². The number of halogens is 2. The summed E-state index contributed by atoms with van der Waals surface area (Å²) in [6.45, 7) is 1.61. The maximum atomic E-state index is 12.8. The van der Waals surface area contributed by atoms with E-state index in [9.17, 15) is 4.39 Å². The van der Waals surface area contributed by atoms with Crippen molar-refractivity contribution in [2.45, 2.75) is 13.3 Å². The van der Waals surface area contributed by atoms with E-state index in [0.717, 1.165) is 0 Å². The van der Waals surface area contributed by atoms with E-state index in [4.69, 9.17) is 11.6 Å². The lowest BCUT2D eigenvalue weighted by molar-refractivity contribution is 0.609. The van der Waals surface area contributed by atoms with Gasteiger partial charge in [0.25, 0.3) is 0 Å². The average molecular weight is 198 g/mol. The first-order chi connectivity index (χ1) is 6.24. The van der Waals surface area contributed by atoms with E-state index in [1.54, 1.807) is 13.0 Å². The van der Waals surface area contributed by atoms with Crippen LogP contribution in [0.4, 0.5) is 4.39 Å². The smallest absolute Gasteiger partial charge is 0.144 e. The van der Waals surface area contributed by atoms with E-state index in [-0.39, 0.29) is 5.82 Å². The number of rotatable bonds is 1. The molecule has 0 atom stereocenters. The van der Waals surface area contributed by atoms with Crippen molar-refractivity contribution >= 4 is 11.6 Å². The lowest BCUT2D eigenvalue weighted by atomic mass is 10.3. The zero-order chi connectivity index (χ0) is 9.68.